The molecule has 2 aliphatic heterocycles. The number of nitrogens with zero attached hydrogens (tertiary/aromatic N) is 1. The maximum Gasteiger partial charge on any atom is 0.262 e. The van der Waals surface area contributed by atoms with Crippen LogP contribution in [0.25, 0.3) is 0 Å². The summed E-state index contributed by atoms with van der Waals surface area (Å²) in [4.78, 5) is 15.9. The molecule has 43 heavy (non-hydrogen) atoms. The van der Waals surface area contributed by atoms with Crippen molar-refractivity contribution in [3.63, 3.8) is 0 Å². The monoisotopic (exact) mass is 624 g/mol. The Hall–Kier alpha value is -2.48. The third-order valence-corrected chi connectivity index (χ3v) is 13.4. The molecule has 1 saturated carbocycles. The number of fused-ring (bicyclic) bond motifs is 4. The van der Waals surface area contributed by atoms with Crippen molar-refractivity contribution in [3.05, 3.63) is 70.3 Å². The molecule has 1 fully saturated rings. The summed E-state index contributed by atoms with van der Waals surface area (Å²) in [7, 11) is -2.93. The SMILES string of the molecule is C=S1(=O)NC(=O)c2ccc3c(c2)N(C[C@@H]2CC[C@H]2[C@@](O)(CC)/C=C/C[C@H](C)[C@H]1C)C[C@@]1(CCCc2cc(Cl)ccc21)CO3. The lowest BCUT2D eigenvalue weighted by molar-refractivity contribution is -0.0475. The second-order valence-electron chi connectivity index (χ2n) is 13.6. The second kappa shape index (κ2) is 11.5. The molecule has 4 aliphatic rings. The van der Waals surface area contributed by atoms with Gasteiger partial charge in [0.25, 0.3) is 5.91 Å². The van der Waals surface area contributed by atoms with Crippen LogP contribution in [0.3, 0.4) is 0 Å². The Morgan fingerprint density at radius 1 is 1.21 bits per heavy atom. The number of ether oxygens (including phenoxy) is 1. The summed E-state index contributed by atoms with van der Waals surface area (Å²) >= 11 is 6.42. The smallest absolute Gasteiger partial charge is 0.262 e. The highest BCUT2D eigenvalue weighted by atomic mass is 35.5. The summed E-state index contributed by atoms with van der Waals surface area (Å²) in [6.45, 7) is 8.00. The van der Waals surface area contributed by atoms with Crippen LogP contribution in [0.15, 0.2) is 48.6 Å². The molecule has 0 radical (unpaired) electrons. The van der Waals surface area contributed by atoms with Crippen molar-refractivity contribution in [2.75, 3.05) is 24.6 Å². The average molecular weight is 625 g/mol. The maximum absolute atomic E-state index is 13.7. The van der Waals surface area contributed by atoms with E-state index in [1.165, 1.54) is 11.1 Å². The van der Waals surface area contributed by atoms with E-state index in [0.717, 1.165) is 61.7 Å². The Balaban J connectivity index is 1.45. The van der Waals surface area contributed by atoms with Gasteiger partial charge in [0.2, 0.25) is 0 Å². The number of hydrogen-bond acceptors (Lipinski definition) is 5. The van der Waals surface area contributed by atoms with Crippen LogP contribution in [-0.4, -0.2) is 51.6 Å². The maximum atomic E-state index is 13.7. The Morgan fingerprint density at radius 2 is 2.02 bits per heavy atom. The number of aliphatic hydroxyl groups is 1. The quantitative estimate of drug-likeness (QED) is 0.287. The zero-order chi connectivity index (χ0) is 30.6. The highest BCUT2D eigenvalue weighted by Crippen LogP contribution is 2.49. The normalized spacial score (nSPS) is 36.8. The molecule has 2 heterocycles. The molecule has 0 saturated heterocycles. The predicted octanol–water partition coefficient (Wildman–Crippen LogP) is 6.33. The minimum atomic E-state index is -2.93. The van der Waals surface area contributed by atoms with Crippen LogP contribution in [0.4, 0.5) is 5.69 Å². The van der Waals surface area contributed by atoms with Crippen LogP contribution >= 0.6 is 11.6 Å². The van der Waals surface area contributed by atoms with Crippen molar-refractivity contribution in [3.8, 4) is 5.75 Å². The first kappa shape index (κ1) is 30.5. The van der Waals surface area contributed by atoms with Gasteiger partial charge in [-0.3, -0.25) is 9.52 Å². The largest absolute Gasteiger partial charge is 0.490 e. The van der Waals surface area contributed by atoms with Crippen molar-refractivity contribution in [1.82, 2.24) is 4.72 Å². The molecule has 2 bridgehead atoms. The van der Waals surface area contributed by atoms with Gasteiger partial charge in [-0.25, -0.2) is 4.21 Å². The van der Waals surface area contributed by atoms with Crippen LogP contribution in [-0.2, 0) is 21.5 Å². The molecule has 2 aliphatic carbocycles. The molecule has 1 spiro atoms. The Bertz CT molecular complexity index is 1540. The van der Waals surface area contributed by atoms with E-state index >= 15 is 0 Å². The molecule has 1 unspecified atom stereocenters. The number of amides is 1. The number of nitrogens with one attached hydrogen (secondary N) is 1. The fourth-order valence-electron chi connectivity index (χ4n) is 7.85. The minimum Gasteiger partial charge on any atom is -0.490 e. The van der Waals surface area contributed by atoms with Gasteiger partial charge in [0, 0.05) is 34.3 Å². The van der Waals surface area contributed by atoms with Gasteiger partial charge in [-0.2, -0.15) is 0 Å². The van der Waals surface area contributed by atoms with Crippen molar-refractivity contribution >= 4 is 38.8 Å². The van der Waals surface area contributed by atoms with Gasteiger partial charge in [-0.05, 0) is 117 Å². The summed E-state index contributed by atoms with van der Waals surface area (Å²) in [5.41, 5.74) is 2.76. The fraction of sp³-hybridized carbons (Fsp3) is 0.543. The van der Waals surface area contributed by atoms with Gasteiger partial charge in [-0.15, -0.1) is 0 Å². The Labute approximate surface area is 262 Å². The molecular formula is C35H45ClN2O4S. The Morgan fingerprint density at radius 3 is 2.77 bits per heavy atom. The summed E-state index contributed by atoms with van der Waals surface area (Å²) in [6.07, 6.45) is 10.4. The summed E-state index contributed by atoms with van der Waals surface area (Å²) in [6, 6.07) is 11.8. The molecule has 232 valence electrons. The number of halogens is 1. The van der Waals surface area contributed by atoms with Gasteiger partial charge in [0.05, 0.1) is 27.6 Å². The van der Waals surface area contributed by atoms with Crippen LogP contribution in [0, 0.1) is 17.8 Å². The van der Waals surface area contributed by atoms with E-state index in [-0.39, 0.29) is 28.4 Å². The van der Waals surface area contributed by atoms with Gasteiger partial charge >= 0.3 is 0 Å². The number of benzene rings is 2. The van der Waals surface area contributed by atoms with E-state index in [9.17, 15) is 14.1 Å². The topological polar surface area (TPSA) is 78.9 Å². The first-order valence-corrected chi connectivity index (χ1v) is 18.0. The standard InChI is InChI=1S/C35H45ClN2O4S/c1-5-35(40)17-6-8-23(2)24(3)43(4,41)37-33(39)26-11-15-32-31(19-26)38(20-27-10-13-30(27)35)21-34(22-42-32)16-7-9-25-18-28(36)12-14-29(25)34/h6,11-12,14-15,17-19,23-24,27,30,40H,4-5,7-10,13,16,20-22H2,1-3H3,(H,37,39,41)/b17-6+/t23-,24+,27-,30+,34-,35+,43?/m0/s1. The molecule has 6 nitrogen and oxygen atoms in total. The van der Waals surface area contributed by atoms with E-state index in [1.54, 1.807) is 6.07 Å². The zero-order valence-corrected chi connectivity index (χ0v) is 27.2. The average Bonchev–Trinajstić information content (AvgIpc) is 3.11. The first-order chi connectivity index (χ1) is 20.4. The van der Waals surface area contributed by atoms with Crippen molar-refractivity contribution in [2.45, 2.75) is 82.0 Å². The molecule has 0 aromatic heterocycles. The molecule has 7 atom stereocenters. The van der Waals surface area contributed by atoms with Gasteiger partial charge in [0.1, 0.15) is 5.75 Å². The van der Waals surface area contributed by atoms with Crippen LogP contribution in [0.2, 0.25) is 5.02 Å². The van der Waals surface area contributed by atoms with E-state index in [4.69, 9.17) is 16.3 Å². The number of anilines is 1. The van der Waals surface area contributed by atoms with Gasteiger partial charge in [-0.1, -0.05) is 43.7 Å². The molecule has 8 heteroatoms. The van der Waals surface area contributed by atoms with Crippen molar-refractivity contribution < 1.29 is 18.8 Å². The summed E-state index contributed by atoms with van der Waals surface area (Å²) in [5, 5.41) is 12.3. The van der Waals surface area contributed by atoms with E-state index < -0.39 is 15.3 Å². The van der Waals surface area contributed by atoms with E-state index in [2.05, 4.69) is 34.5 Å². The third-order valence-electron chi connectivity index (χ3n) is 11.0. The van der Waals surface area contributed by atoms with Crippen LogP contribution in [0.1, 0.15) is 80.8 Å². The lowest BCUT2D eigenvalue weighted by atomic mass is 9.63. The molecule has 2 aromatic carbocycles. The number of carbonyl (C=O) groups is 1. The number of rotatable bonds is 1. The lowest BCUT2D eigenvalue weighted by Crippen LogP contribution is -2.52. The highest BCUT2D eigenvalue weighted by Gasteiger charge is 2.47. The van der Waals surface area contributed by atoms with E-state index in [0.29, 0.717) is 30.9 Å². The van der Waals surface area contributed by atoms with Crippen molar-refractivity contribution in [1.29, 1.82) is 0 Å². The molecule has 2 N–H and O–H groups in total. The van der Waals surface area contributed by atoms with E-state index in [1.807, 2.05) is 44.2 Å². The summed E-state index contributed by atoms with van der Waals surface area (Å²) in [5.74, 6) is 4.77. The highest BCUT2D eigenvalue weighted by molar-refractivity contribution is 7.99. The molecular weight excluding hydrogens is 580 g/mol. The molecule has 6 rings (SSSR count). The molecule has 2 aromatic rings. The Kier molecular flexibility index (Phi) is 8.14. The van der Waals surface area contributed by atoms with Gasteiger partial charge < -0.3 is 14.7 Å². The van der Waals surface area contributed by atoms with Crippen LogP contribution in [0.5, 0.6) is 5.75 Å². The zero-order valence-electron chi connectivity index (χ0n) is 25.6. The number of carbonyl (C=O) groups excluding carboxylic acids is 1. The predicted molar refractivity (Wildman–Crippen MR) is 177 cm³/mol. The first-order valence-electron chi connectivity index (χ1n) is 15.8. The molecule has 1 amide bonds. The lowest BCUT2D eigenvalue weighted by Gasteiger charge is -2.49. The van der Waals surface area contributed by atoms with Crippen LogP contribution < -0.4 is 14.4 Å². The minimum absolute atomic E-state index is 0.00753. The fourth-order valence-corrected chi connectivity index (χ4v) is 9.52. The summed E-state index contributed by atoms with van der Waals surface area (Å²) < 4.78 is 23.1. The number of allylic oxidation sites excluding steroid dienone is 1. The van der Waals surface area contributed by atoms with Crippen molar-refractivity contribution in [2.24, 2.45) is 17.8 Å². The van der Waals surface area contributed by atoms with Gasteiger partial charge in [0.15, 0.2) is 0 Å². The number of aryl methyl sites for hydroxylation is 1. The second-order valence-corrected chi connectivity index (χ2v) is 16.4. The third kappa shape index (κ3) is 5.62. The number of hydrogen-bond donors (Lipinski definition) is 2.